The number of anilines is 1. The fourth-order valence-electron chi connectivity index (χ4n) is 6.77. The fraction of sp³-hybridized carbons (Fsp3) is 0.263. The minimum absolute atomic E-state index is 0.0254. The van der Waals surface area contributed by atoms with Gasteiger partial charge in [-0.15, -0.1) is 0 Å². The lowest BCUT2D eigenvalue weighted by Gasteiger charge is -2.33. The summed E-state index contributed by atoms with van der Waals surface area (Å²) in [4.78, 5) is 47.2. The van der Waals surface area contributed by atoms with Crippen molar-refractivity contribution in [3.05, 3.63) is 124 Å². The molecule has 3 heterocycles. The predicted octanol–water partition coefficient (Wildman–Crippen LogP) is 2.20. The summed E-state index contributed by atoms with van der Waals surface area (Å²) in [6, 6.07) is 19.1. The van der Waals surface area contributed by atoms with Crippen molar-refractivity contribution in [3.8, 4) is 5.69 Å². The summed E-state index contributed by atoms with van der Waals surface area (Å²) in [6.07, 6.45) is -0.268. The molecule has 4 aromatic carbocycles. The van der Waals surface area contributed by atoms with E-state index in [2.05, 4.69) is 5.32 Å². The number of nitrogens with two attached hydrogens (primary N) is 1. The van der Waals surface area contributed by atoms with Crippen LogP contribution < -0.4 is 16.6 Å². The Balaban J connectivity index is 1.21. The number of para-hydroxylation sites is 1. The second-order valence-electron chi connectivity index (χ2n) is 13.5. The van der Waals surface area contributed by atoms with Crippen molar-refractivity contribution in [3.63, 3.8) is 0 Å². The van der Waals surface area contributed by atoms with E-state index in [4.69, 9.17) is 15.5 Å². The van der Waals surface area contributed by atoms with E-state index in [1.807, 2.05) is 0 Å². The topological polar surface area (TPSA) is 194 Å². The van der Waals surface area contributed by atoms with E-state index in [-0.39, 0.29) is 83.6 Å². The molecule has 2 aliphatic heterocycles. The van der Waals surface area contributed by atoms with Gasteiger partial charge in [0, 0.05) is 44.4 Å². The number of halogens is 2. The number of morpholine rings is 1. The molecule has 2 amide bonds. The number of fused-ring (bicyclic) bond motifs is 1. The van der Waals surface area contributed by atoms with Crippen molar-refractivity contribution in [2.24, 2.45) is 0 Å². The third-order valence-electron chi connectivity index (χ3n) is 9.65. The van der Waals surface area contributed by atoms with Crippen LogP contribution in [-0.2, 0) is 40.8 Å². The number of aromatic nitrogens is 2. The summed E-state index contributed by atoms with van der Waals surface area (Å²) in [6.45, 7) is -0.443. The molecule has 0 bridgehead atoms. The zero-order valence-electron chi connectivity index (χ0n) is 30.3. The molecule has 3 N–H and O–H groups in total. The minimum Gasteiger partial charge on any atom is -0.399 e. The first-order valence-corrected chi connectivity index (χ1v) is 20.7. The first kappa shape index (κ1) is 39.6. The lowest BCUT2D eigenvalue weighted by molar-refractivity contribution is -0.138. The lowest BCUT2D eigenvalue weighted by atomic mass is 10.0. The van der Waals surface area contributed by atoms with Crippen LogP contribution in [0.2, 0.25) is 0 Å². The number of nitrogen functional groups attached to an aromatic ring is 1. The van der Waals surface area contributed by atoms with Gasteiger partial charge in [-0.05, 0) is 78.4 Å². The van der Waals surface area contributed by atoms with Crippen LogP contribution in [-0.4, -0.2) is 104 Å². The summed E-state index contributed by atoms with van der Waals surface area (Å²) in [5.41, 5.74) is 6.03. The lowest BCUT2D eigenvalue weighted by Crippen LogP contribution is -2.54. The molecule has 298 valence electrons. The summed E-state index contributed by atoms with van der Waals surface area (Å²) < 4.78 is 90.9. The van der Waals surface area contributed by atoms with Gasteiger partial charge >= 0.3 is 0 Å². The van der Waals surface area contributed by atoms with Crippen molar-refractivity contribution in [2.75, 3.05) is 58.2 Å². The minimum atomic E-state index is -4.04. The molecule has 2 saturated heterocycles. The number of ether oxygens (including phenoxy) is 1. The van der Waals surface area contributed by atoms with E-state index >= 15 is 0 Å². The van der Waals surface area contributed by atoms with Crippen molar-refractivity contribution >= 4 is 48.5 Å². The number of hydrogen-bond acceptors (Lipinski definition) is 10. The second kappa shape index (κ2) is 16.1. The highest BCUT2D eigenvalue weighted by atomic mass is 32.2. The first-order valence-electron chi connectivity index (χ1n) is 17.8. The maximum absolute atomic E-state index is 14.5. The maximum atomic E-state index is 14.5. The molecule has 2 aliphatic rings. The average Bonchev–Trinajstić information content (AvgIpc) is 3.18. The van der Waals surface area contributed by atoms with Gasteiger partial charge in [0.1, 0.15) is 17.5 Å². The van der Waals surface area contributed by atoms with Crippen LogP contribution in [0.3, 0.4) is 0 Å². The summed E-state index contributed by atoms with van der Waals surface area (Å²) in [5, 5.41) is 2.98. The van der Waals surface area contributed by atoms with Crippen molar-refractivity contribution in [1.29, 1.82) is 0 Å². The van der Waals surface area contributed by atoms with Crippen LogP contribution in [0.1, 0.15) is 17.4 Å². The number of sulfonamides is 2. The quantitative estimate of drug-likeness (QED) is 0.187. The molecule has 2 fully saturated rings. The van der Waals surface area contributed by atoms with Crippen molar-refractivity contribution < 1.29 is 39.9 Å². The van der Waals surface area contributed by atoms with E-state index in [1.54, 1.807) is 24.3 Å². The number of benzene rings is 4. The van der Waals surface area contributed by atoms with Crippen LogP contribution in [0.5, 0.6) is 0 Å². The number of carbonyl (C=O) groups is 2. The van der Waals surface area contributed by atoms with Gasteiger partial charge in [0.2, 0.25) is 31.9 Å². The Morgan fingerprint density at radius 1 is 0.807 bits per heavy atom. The molecule has 0 saturated carbocycles. The number of nitrogens with zero attached hydrogens (tertiary/aromatic N) is 5. The zero-order chi connectivity index (χ0) is 40.5. The third kappa shape index (κ3) is 8.42. The smallest absolute Gasteiger partial charge is 0.266 e. The van der Waals surface area contributed by atoms with E-state index in [9.17, 15) is 40.0 Å². The second-order valence-corrected chi connectivity index (χ2v) is 17.3. The van der Waals surface area contributed by atoms with Crippen LogP contribution in [0.25, 0.3) is 16.6 Å². The molecule has 7 rings (SSSR count). The number of carbonyl (C=O) groups excluding carboxylic acids is 2. The fourth-order valence-corrected chi connectivity index (χ4v) is 9.56. The van der Waals surface area contributed by atoms with Gasteiger partial charge in [-0.1, -0.05) is 12.1 Å². The highest BCUT2D eigenvalue weighted by molar-refractivity contribution is 7.89. The normalized spacial score (nSPS) is 16.5. The maximum Gasteiger partial charge on any atom is 0.266 e. The van der Waals surface area contributed by atoms with Crippen LogP contribution in [0.4, 0.5) is 14.5 Å². The highest BCUT2D eigenvalue weighted by Gasteiger charge is 2.34. The number of amides is 2. The SMILES string of the molecule is Nc1ccc(S(=O)(=O)N2CCN(CC(=O)N[C@@H](Cc3cc(F)cc(F)c3)c3nc4ccccc4c(=O)n3-c3ccc(S(=O)(=O)N4CCOCC4)cc3)C(=O)C2)cc1. The molecular weight excluding hydrogens is 785 g/mol. The number of piperazine rings is 1. The highest BCUT2D eigenvalue weighted by Crippen LogP contribution is 2.26. The Kier molecular flexibility index (Phi) is 11.2. The first-order chi connectivity index (χ1) is 27.2. The molecular formula is C38H37F2N7O8S2. The van der Waals surface area contributed by atoms with E-state index in [0.717, 1.165) is 16.4 Å². The molecule has 1 atom stereocenters. The zero-order valence-corrected chi connectivity index (χ0v) is 31.9. The van der Waals surface area contributed by atoms with Gasteiger partial charge in [-0.25, -0.2) is 30.6 Å². The molecule has 1 aromatic heterocycles. The Labute approximate surface area is 326 Å². The summed E-state index contributed by atoms with van der Waals surface area (Å²) in [7, 11) is -7.94. The Morgan fingerprint density at radius 3 is 2.07 bits per heavy atom. The van der Waals surface area contributed by atoms with Crippen LogP contribution in [0.15, 0.2) is 106 Å². The number of rotatable bonds is 11. The van der Waals surface area contributed by atoms with Crippen LogP contribution in [0, 0.1) is 11.6 Å². The third-order valence-corrected chi connectivity index (χ3v) is 13.4. The van der Waals surface area contributed by atoms with Crippen molar-refractivity contribution in [2.45, 2.75) is 22.3 Å². The molecule has 15 nitrogen and oxygen atoms in total. The molecule has 19 heteroatoms. The van der Waals surface area contributed by atoms with Gasteiger partial charge in [-0.2, -0.15) is 8.61 Å². The van der Waals surface area contributed by atoms with E-state index in [1.165, 1.54) is 62.3 Å². The Hall–Kier alpha value is -5.60. The average molecular weight is 822 g/mol. The number of nitrogens with one attached hydrogen (secondary N) is 1. The van der Waals surface area contributed by atoms with E-state index < -0.39 is 68.2 Å². The summed E-state index contributed by atoms with van der Waals surface area (Å²) >= 11 is 0. The Morgan fingerprint density at radius 2 is 1.42 bits per heavy atom. The van der Waals surface area contributed by atoms with Gasteiger partial charge in [-0.3, -0.25) is 19.0 Å². The van der Waals surface area contributed by atoms with Crippen LogP contribution >= 0.6 is 0 Å². The van der Waals surface area contributed by atoms with E-state index in [0.29, 0.717) is 11.8 Å². The predicted molar refractivity (Wildman–Crippen MR) is 204 cm³/mol. The molecule has 0 unspecified atom stereocenters. The van der Waals surface area contributed by atoms with Gasteiger partial charge in [0.05, 0.1) is 58.7 Å². The Bertz CT molecular complexity index is 2600. The van der Waals surface area contributed by atoms with Gasteiger partial charge < -0.3 is 20.7 Å². The van der Waals surface area contributed by atoms with Gasteiger partial charge in [0.15, 0.2) is 0 Å². The molecule has 57 heavy (non-hydrogen) atoms. The largest absolute Gasteiger partial charge is 0.399 e. The molecule has 0 spiro atoms. The molecule has 5 aromatic rings. The summed E-state index contributed by atoms with van der Waals surface area (Å²) in [5.74, 6) is -3.19. The standard InChI is InChI=1S/C38H37F2N7O8S2/c39-26-19-25(20-27(40)22-26)21-34(42-35(48)23-44-13-14-46(24-36(44)49)57(53,54)30-9-5-28(41)6-10-30)37-43-33-4-2-1-3-32(33)38(50)47(37)29-7-11-31(12-8-29)56(51,52)45-15-17-55-18-16-45/h1-12,19-20,22,34H,13-18,21,23-24,41H2,(H,42,48)/t34-/m0/s1. The molecule has 0 aliphatic carbocycles. The number of hydrogen-bond donors (Lipinski definition) is 2. The monoisotopic (exact) mass is 821 g/mol. The van der Waals surface area contributed by atoms with Crippen molar-refractivity contribution in [1.82, 2.24) is 28.4 Å². The molecule has 0 radical (unpaired) electrons. The van der Waals surface area contributed by atoms with Gasteiger partial charge in [0.25, 0.3) is 5.56 Å².